The van der Waals surface area contributed by atoms with Crippen LogP contribution in [0, 0.1) is 13.8 Å². The van der Waals surface area contributed by atoms with Gasteiger partial charge in [-0.25, -0.2) is 9.67 Å². The molecule has 4 nitrogen and oxygen atoms in total. The average molecular weight is 267 g/mol. The van der Waals surface area contributed by atoms with Crippen LogP contribution in [0.25, 0.3) is 5.82 Å². The maximum Gasteiger partial charge on any atom is 0.167 e. The second kappa shape index (κ2) is 3.66. The van der Waals surface area contributed by atoms with Gasteiger partial charge < -0.3 is 5.73 Å². The van der Waals surface area contributed by atoms with Crippen molar-refractivity contribution in [1.82, 2.24) is 14.8 Å². The van der Waals surface area contributed by atoms with Crippen LogP contribution < -0.4 is 5.73 Å². The van der Waals surface area contributed by atoms with Crippen molar-refractivity contribution >= 4 is 21.7 Å². The normalized spacial score (nSPS) is 10.6. The van der Waals surface area contributed by atoms with E-state index in [2.05, 4.69) is 26.0 Å². The van der Waals surface area contributed by atoms with E-state index in [-0.39, 0.29) is 0 Å². The van der Waals surface area contributed by atoms with Crippen LogP contribution in [0.3, 0.4) is 0 Å². The smallest absolute Gasteiger partial charge is 0.167 e. The number of hydrogen-bond donors (Lipinski definition) is 1. The summed E-state index contributed by atoms with van der Waals surface area (Å²) < 4.78 is 2.62. The van der Waals surface area contributed by atoms with Crippen molar-refractivity contribution in [2.75, 3.05) is 5.73 Å². The van der Waals surface area contributed by atoms with E-state index in [1.807, 2.05) is 26.1 Å². The zero-order chi connectivity index (χ0) is 11.0. The monoisotopic (exact) mass is 266 g/mol. The van der Waals surface area contributed by atoms with Crippen molar-refractivity contribution in [3.8, 4) is 5.82 Å². The Hall–Kier alpha value is -1.36. The van der Waals surface area contributed by atoms with E-state index >= 15 is 0 Å². The number of aromatic nitrogens is 3. The van der Waals surface area contributed by atoms with Crippen molar-refractivity contribution < 1.29 is 0 Å². The zero-order valence-electron chi connectivity index (χ0n) is 8.53. The Morgan fingerprint density at radius 2 is 2.07 bits per heavy atom. The summed E-state index contributed by atoms with van der Waals surface area (Å²) in [5.41, 5.74) is 7.76. The summed E-state index contributed by atoms with van der Waals surface area (Å²) in [6, 6.07) is 1.94. The zero-order valence-corrected chi connectivity index (χ0v) is 10.1. The molecule has 0 radical (unpaired) electrons. The molecule has 0 aliphatic carbocycles. The van der Waals surface area contributed by atoms with Gasteiger partial charge in [-0.2, -0.15) is 0 Å². The molecule has 78 valence electrons. The lowest BCUT2D eigenvalue weighted by Gasteiger charge is -2.04. The third-order valence-electron chi connectivity index (χ3n) is 2.22. The second-order valence-corrected chi connectivity index (χ2v) is 4.20. The lowest BCUT2D eigenvalue weighted by molar-refractivity contribution is 0.843. The molecule has 0 unspecified atom stereocenters. The highest BCUT2D eigenvalue weighted by atomic mass is 79.9. The first-order valence-electron chi connectivity index (χ1n) is 4.53. The highest BCUT2D eigenvalue weighted by molar-refractivity contribution is 9.10. The Morgan fingerprint density at radius 1 is 1.33 bits per heavy atom. The maximum absolute atomic E-state index is 5.69. The van der Waals surface area contributed by atoms with Crippen LogP contribution in [-0.2, 0) is 0 Å². The fraction of sp³-hybridized carbons (Fsp3) is 0.200. The molecule has 2 aromatic rings. The molecule has 0 spiro atoms. The summed E-state index contributed by atoms with van der Waals surface area (Å²) in [7, 11) is 0. The van der Waals surface area contributed by atoms with Crippen molar-refractivity contribution in [2.24, 2.45) is 0 Å². The number of aryl methyl sites for hydroxylation is 2. The summed E-state index contributed by atoms with van der Waals surface area (Å²) in [4.78, 5) is 4.26. The largest absolute Gasteiger partial charge is 0.382 e. The first kappa shape index (κ1) is 10.2. The molecule has 5 heteroatoms. The third kappa shape index (κ3) is 1.74. The number of nitrogens with zero attached hydrogens (tertiary/aromatic N) is 3. The third-order valence-corrected chi connectivity index (χ3v) is 3.20. The molecule has 0 amide bonds. The lowest BCUT2D eigenvalue weighted by Crippen LogP contribution is -2.01. The molecule has 15 heavy (non-hydrogen) atoms. The molecule has 0 fully saturated rings. The van der Waals surface area contributed by atoms with Gasteiger partial charge in [0.15, 0.2) is 5.82 Å². The first-order chi connectivity index (χ1) is 7.09. The SMILES string of the molecule is Cc1cn(-c2nccc(C)c2Br)nc1N. The van der Waals surface area contributed by atoms with E-state index in [9.17, 15) is 0 Å². The van der Waals surface area contributed by atoms with Crippen LogP contribution in [0.15, 0.2) is 22.9 Å². The fourth-order valence-corrected chi connectivity index (χ4v) is 1.68. The minimum Gasteiger partial charge on any atom is -0.382 e. The summed E-state index contributed by atoms with van der Waals surface area (Å²) in [5, 5.41) is 4.18. The average Bonchev–Trinajstić information content (AvgIpc) is 2.51. The Morgan fingerprint density at radius 3 is 2.67 bits per heavy atom. The van der Waals surface area contributed by atoms with Crippen LogP contribution in [0.4, 0.5) is 5.82 Å². The Bertz CT molecular complexity index is 485. The van der Waals surface area contributed by atoms with Crippen molar-refractivity contribution in [3.63, 3.8) is 0 Å². The van der Waals surface area contributed by atoms with Gasteiger partial charge in [0.25, 0.3) is 0 Å². The van der Waals surface area contributed by atoms with Crippen LogP contribution in [-0.4, -0.2) is 14.8 Å². The van der Waals surface area contributed by atoms with E-state index in [1.165, 1.54) is 0 Å². The van der Waals surface area contributed by atoms with Gasteiger partial charge in [-0.1, -0.05) is 0 Å². The van der Waals surface area contributed by atoms with Crippen molar-refractivity contribution in [3.05, 3.63) is 34.1 Å². The van der Waals surface area contributed by atoms with Gasteiger partial charge in [-0.05, 0) is 41.4 Å². The predicted molar refractivity (Wildman–Crippen MR) is 62.9 cm³/mol. The van der Waals surface area contributed by atoms with Crippen LogP contribution in [0.5, 0.6) is 0 Å². The quantitative estimate of drug-likeness (QED) is 0.861. The molecular weight excluding hydrogens is 256 g/mol. The highest BCUT2D eigenvalue weighted by Crippen LogP contribution is 2.23. The van der Waals surface area contributed by atoms with Gasteiger partial charge in [0.1, 0.15) is 5.82 Å². The summed E-state index contributed by atoms with van der Waals surface area (Å²) in [6.07, 6.45) is 3.62. The van der Waals surface area contributed by atoms with E-state index < -0.39 is 0 Å². The molecule has 0 aliphatic heterocycles. The topological polar surface area (TPSA) is 56.7 Å². The predicted octanol–water partition coefficient (Wildman–Crippen LogP) is 2.23. The van der Waals surface area contributed by atoms with Crippen LogP contribution in [0.2, 0.25) is 0 Å². The van der Waals surface area contributed by atoms with Crippen molar-refractivity contribution in [1.29, 1.82) is 0 Å². The number of pyridine rings is 1. The maximum atomic E-state index is 5.69. The number of hydrogen-bond acceptors (Lipinski definition) is 3. The molecule has 0 aliphatic rings. The van der Waals surface area contributed by atoms with Gasteiger partial charge >= 0.3 is 0 Å². The minimum atomic E-state index is 0.533. The molecule has 0 aromatic carbocycles. The van der Waals surface area contributed by atoms with Crippen LogP contribution in [0.1, 0.15) is 11.1 Å². The molecule has 2 N–H and O–H groups in total. The molecule has 0 bridgehead atoms. The Kier molecular flexibility index (Phi) is 2.48. The number of nitrogen functional groups attached to an aromatic ring is 1. The minimum absolute atomic E-state index is 0.533. The Balaban J connectivity index is 2.59. The number of rotatable bonds is 1. The summed E-state index contributed by atoms with van der Waals surface area (Å²) >= 11 is 3.49. The van der Waals surface area contributed by atoms with Crippen LogP contribution >= 0.6 is 15.9 Å². The number of nitrogens with two attached hydrogens (primary N) is 1. The first-order valence-corrected chi connectivity index (χ1v) is 5.32. The second-order valence-electron chi connectivity index (χ2n) is 3.41. The van der Waals surface area contributed by atoms with E-state index in [0.29, 0.717) is 5.82 Å². The summed E-state index contributed by atoms with van der Waals surface area (Å²) in [5.74, 6) is 1.29. The molecular formula is C10H11BrN4. The van der Waals surface area contributed by atoms with E-state index in [1.54, 1.807) is 10.9 Å². The number of halogens is 1. The fourth-order valence-electron chi connectivity index (χ4n) is 1.27. The van der Waals surface area contributed by atoms with Gasteiger partial charge in [-0.3, -0.25) is 0 Å². The lowest BCUT2D eigenvalue weighted by atomic mass is 10.3. The van der Waals surface area contributed by atoms with Gasteiger partial charge in [0, 0.05) is 18.0 Å². The van der Waals surface area contributed by atoms with Crippen molar-refractivity contribution in [2.45, 2.75) is 13.8 Å². The molecule has 0 saturated carbocycles. The standard InChI is InChI=1S/C10H11BrN4/c1-6-3-4-13-10(8(6)11)15-5-7(2)9(12)14-15/h3-5H,1-2H3,(H2,12,14). The van der Waals surface area contributed by atoms with Gasteiger partial charge in [0.05, 0.1) is 4.47 Å². The molecule has 0 atom stereocenters. The Labute approximate surface area is 96.3 Å². The van der Waals surface area contributed by atoms with E-state index in [4.69, 9.17) is 5.73 Å². The van der Waals surface area contributed by atoms with Gasteiger partial charge in [0.2, 0.25) is 0 Å². The van der Waals surface area contributed by atoms with Gasteiger partial charge in [-0.15, -0.1) is 5.10 Å². The summed E-state index contributed by atoms with van der Waals surface area (Å²) in [6.45, 7) is 3.93. The molecule has 2 rings (SSSR count). The van der Waals surface area contributed by atoms with E-state index in [0.717, 1.165) is 21.4 Å². The highest BCUT2D eigenvalue weighted by Gasteiger charge is 2.09. The molecule has 2 heterocycles. The number of anilines is 1. The molecule has 2 aromatic heterocycles. The molecule has 0 saturated heterocycles.